The number of aryl methyl sites for hydroxylation is 1. The lowest BCUT2D eigenvalue weighted by molar-refractivity contribution is 0.0703. The number of sulfone groups is 1. The van der Waals surface area contributed by atoms with Crippen molar-refractivity contribution in [3.63, 3.8) is 0 Å². The van der Waals surface area contributed by atoms with Crippen LogP contribution in [-0.4, -0.2) is 39.3 Å². The average molecular weight is 313 g/mol. The van der Waals surface area contributed by atoms with Gasteiger partial charge in [-0.05, 0) is 17.9 Å². The molecule has 18 heavy (non-hydrogen) atoms. The molecule has 0 aromatic carbocycles. The molecular weight excluding hydrogens is 302 g/mol. The summed E-state index contributed by atoms with van der Waals surface area (Å²) in [6.07, 6.45) is 0.783. The van der Waals surface area contributed by atoms with Gasteiger partial charge in [0.2, 0.25) is 10.0 Å². The van der Waals surface area contributed by atoms with Crippen LogP contribution in [0.1, 0.15) is 15.2 Å². The van der Waals surface area contributed by atoms with E-state index in [1.807, 2.05) is 4.72 Å². The minimum absolute atomic E-state index is 0.0869. The Morgan fingerprint density at radius 3 is 2.39 bits per heavy atom. The molecule has 1 aromatic rings. The normalized spacial score (nSPS) is 12.3. The van der Waals surface area contributed by atoms with Crippen LogP contribution in [0.25, 0.3) is 0 Å². The molecule has 0 amide bonds. The highest BCUT2D eigenvalue weighted by Gasteiger charge is 2.23. The van der Waals surface area contributed by atoms with E-state index in [1.54, 1.807) is 0 Å². The Morgan fingerprint density at radius 2 is 1.94 bits per heavy atom. The van der Waals surface area contributed by atoms with Crippen molar-refractivity contribution in [1.29, 1.82) is 0 Å². The van der Waals surface area contributed by atoms with Gasteiger partial charge in [-0.2, -0.15) is 0 Å². The number of hydrogen-bond acceptors (Lipinski definition) is 6. The van der Waals surface area contributed by atoms with E-state index < -0.39 is 30.9 Å². The van der Waals surface area contributed by atoms with Crippen LogP contribution in [0, 0.1) is 6.92 Å². The molecule has 0 aliphatic heterocycles. The molecule has 0 radical (unpaired) electrons. The number of thiophene rings is 1. The summed E-state index contributed by atoms with van der Waals surface area (Å²) in [5.41, 5.74) is 0.339. The molecule has 1 aromatic heterocycles. The van der Waals surface area contributed by atoms with Gasteiger partial charge >= 0.3 is 5.97 Å². The zero-order valence-electron chi connectivity index (χ0n) is 9.50. The summed E-state index contributed by atoms with van der Waals surface area (Å²) in [4.78, 5) is 10.7. The minimum Gasteiger partial charge on any atom is -0.477 e. The third-order valence-corrected chi connectivity index (χ3v) is 6.35. The zero-order valence-corrected chi connectivity index (χ0v) is 11.9. The highest BCUT2D eigenvalue weighted by atomic mass is 32.3. The first-order chi connectivity index (χ1) is 8.02. The maximum absolute atomic E-state index is 11.6. The summed E-state index contributed by atoms with van der Waals surface area (Å²) < 4.78 is 47.0. The Morgan fingerprint density at radius 1 is 1.39 bits per heavy atom. The minimum atomic E-state index is -4.14. The molecule has 0 aliphatic rings. The fourth-order valence-corrected chi connectivity index (χ4v) is 5.17. The van der Waals surface area contributed by atoms with Gasteiger partial charge in [-0.3, -0.25) is 4.72 Å². The van der Waals surface area contributed by atoms with E-state index >= 15 is 0 Å². The third kappa shape index (κ3) is 3.96. The van der Waals surface area contributed by atoms with Gasteiger partial charge in [0.1, 0.15) is 4.88 Å². The molecule has 10 heteroatoms. The summed E-state index contributed by atoms with van der Waals surface area (Å²) in [5.74, 6) is -1.27. The number of carboxylic acid groups (broad SMARTS) is 1. The molecule has 0 unspecified atom stereocenters. The standard InChI is InChI=1S/C8H11NO6S3/c1-5-3-16-7(8(10)11)6(5)9-18(14,15)4-17(2,12)13/h3,9H,4H2,1-2H3,(H,10,11). The van der Waals surface area contributed by atoms with E-state index in [9.17, 15) is 21.6 Å². The average Bonchev–Trinajstić information content (AvgIpc) is 2.42. The molecule has 0 aliphatic carbocycles. The predicted octanol–water partition coefficient (Wildman–Crippen LogP) is 0.499. The van der Waals surface area contributed by atoms with Gasteiger partial charge in [0, 0.05) is 6.26 Å². The molecular formula is C8H11NO6S3. The maximum atomic E-state index is 11.6. The summed E-state index contributed by atoms with van der Waals surface area (Å²) in [5, 5.41) is 9.25. The van der Waals surface area contributed by atoms with Crippen molar-refractivity contribution in [3.8, 4) is 0 Å². The molecule has 2 N–H and O–H groups in total. The van der Waals surface area contributed by atoms with Crippen LogP contribution in [-0.2, 0) is 19.9 Å². The lowest BCUT2D eigenvalue weighted by atomic mass is 10.3. The maximum Gasteiger partial charge on any atom is 0.348 e. The summed E-state index contributed by atoms with van der Waals surface area (Å²) >= 11 is 0.867. The van der Waals surface area contributed by atoms with E-state index in [1.165, 1.54) is 12.3 Å². The van der Waals surface area contributed by atoms with Crippen molar-refractivity contribution in [1.82, 2.24) is 0 Å². The van der Waals surface area contributed by atoms with Crippen molar-refractivity contribution in [2.45, 2.75) is 6.92 Å². The molecule has 7 nitrogen and oxygen atoms in total. The Balaban J connectivity index is 3.12. The van der Waals surface area contributed by atoms with Crippen LogP contribution in [0.3, 0.4) is 0 Å². The largest absolute Gasteiger partial charge is 0.477 e. The van der Waals surface area contributed by atoms with Crippen molar-refractivity contribution >= 4 is 42.9 Å². The van der Waals surface area contributed by atoms with Gasteiger partial charge in [0.05, 0.1) is 5.69 Å². The lowest BCUT2D eigenvalue weighted by Gasteiger charge is -2.07. The van der Waals surface area contributed by atoms with Gasteiger partial charge in [-0.15, -0.1) is 11.3 Å². The van der Waals surface area contributed by atoms with Crippen molar-refractivity contribution in [2.24, 2.45) is 0 Å². The van der Waals surface area contributed by atoms with Gasteiger partial charge in [0.15, 0.2) is 14.9 Å². The van der Waals surface area contributed by atoms with Crippen LogP contribution in [0.2, 0.25) is 0 Å². The number of sulfonamides is 1. The Labute approximate surface area is 108 Å². The fourth-order valence-electron chi connectivity index (χ4n) is 1.20. The molecule has 0 saturated carbocycles. The number of carbonyl (C=O) groups is 1. The number of rotatable bonds is 5. The Bertz CT molecular complexity index is 670. The van der Waals surface area contributed by atoms with Crippen LogP contribution >= 0.6 is 11.3 Å². The van der Waals surface area contributed by atoms with Gasteiger partial charge in [-0.25, -0.2) is 21.6 Å². The monoisotopic (exact) mass is 313 g/mol. The van der Waals surface area contributed by atoms with Crippen molar-refractivity contribution in [3.05, 3.63) is 15.8 Å². The van der Waals surface area contributed by atoms with E-state index in [0.29, 0.717) is 5.56 Å². The number of anilines is 1. The quantitative estimate of drug-likeness (QED) is 0.817. The first kappa shape index (κ1) is 14.9. The van der Waals surface area contributed by atoms with Crippen LogP contribution in [0.4, 0.5) is 5.69 Å². The van der Waals surface area contributed by atoms with E-state index in [2.05, 4.69) is 0 Å². The molecule has 0 bridgehead atoms. The molecule has 102 valence electrons. The molecule has 0 atom stereocenters. The van der Waals surface area contributed by atoms with E-state index in [0.717, 1.165) is 17.6 Å². The molecule has 0 fully saturated rings. The van der Waals surface area contributed by atoms with E-state index in [4.69, 9.17) is 5.11 Å². The Hall–Kier alpha value is -1.13. The first-order valence-corrected chi connectivity index (χ1v) is 9.11. The fraction of sp³-hybridized carbons (Fsp3) is 0.375. The van der Waals surface area contributed by atoms with Gasteiger partial charge in [0.25, 0.3) is 0 Å². The van der Waals surface area contributed by atoms with E-state index in [-0.39, 0.29) is 10.6 Å². The number of nitrogens with one attached hydrogen (secondary N) is 1. The topological polar surface area (TPSA) is 118 Å². The molecule has 1 rings (SSSR count). The number of hydrogen-bond donors (Lipinski definition) is 2. The number of aromatic carboxylic acids is 1. The second kappa shape index (κ2) is 4.86. The Kier molecular flexibility index (Phi) is 4.03. The molecule has 1 heterocycles. The number of carboxylic acids is 1. The second-order valence-electron chi connectivity index (χ2n) is 3.69. The summed E-state index contributed by atoms with van der Waals surface area (Å²) in [7, 11) is -7.86. The van der Waals surface area contributed by atoms with Crippen LogP contribution < -0.4 is 4.72 Å². The molecule has 0 spiro atoms. The summed E-state index contributed by atoms with van der Waals surface area (Å²) in [6, 6.07) is 0. The van der Waals surface area contributed by atoms with Crippen LogP contribution in [0.5, 0.6) is 0 Å². The summed E-state index contributed by atoms with van der Waals surface area (Å²) in [6.45, 7) is 1.53. The lowest BCUT2D eigenvalue weighted by Crippen LogP contribution is -2.23. The first-order valence-electron chi connectivity index (χ1n) is 4.51. The third-order valence-electron chi connectivity index (χ3n) is 1.80. The predicted molar refractivity (Wildman–Crippen MR) is 68.3 cm³/mol. The zero-order chi connectivity index (χ0) is 14.1. The van der Waals surface area contributed by atoms with Crippen molar-refractivity contribution < 1.29 is 26.7 Å². The highest BCUT2D eigenvalue weighted by molar-refractivity contribution is 8.08. The second-order valence-corrected chi connectivity index (χ2v) is 8.80. The molecule has 0 saturated heterocycles. The van der Waals surface area contributed by atoms with Gasteiger partial charge in [-0.1, -0.05) is 0 Å². The highest BCUT2D eigenvalue weighted by Crippen LogP contribution is 2.28. The van der Waals surface area contributed by atoms with Crippen LogP contribution in [0.15, 0.2) is 5.38 Å². The van der Waals surface area contributed by atoms with Crippen molar-refractivity contribution in [2.75, 3.05) is 16.1 Å². The SMILES string of the molecule is Cc1csc(C(=O)O)c1NS(=O)(=O)CS(C)(=O)=O. The van der Waals surface area contributed by atoms with Gasteiger partial charge < -0.3 is 5.11 Å². The smallest absolute Gasteiger partial charge is 0.348 e.